The van der Waals surface area contributed by atoms with E-state index in [4.69, 9.17) is 0 Å². The third-order valence-corrected chi connectivity index (χ3v) is 5.08. The molecule has 0 saturated carbocycles. The molecule has 5 nitrogen and oxygen atoms in total. The number of amides is 1. The van der Waals surface area contributed by atoms with E-state index in [1.165, 1.54) is 6.07 Å². The smallest absolute Gasteiger partial charge is 0.369 e. The van der Waals surface area contributed by atoms with Crippen LogP contribution in [0.25, 0.3) is 0 Å². The number of nitrogens with one attached hydrogen (secondary N) is 2. The Morgan fingerprint density at radius 2 is 2.00 bits per heavy atom. The van der Waals surface area contributed by atoms with Crippen LogP contribution in [0, 0.1) is 0 Å². The number of carbonyl (C=O) groups is 1. The minimum absolute atomic E-state index is 0.0998. The molecular formula is C18H25F3N4O. The maximum absolute atomic E-state index is 13.1. The molecular weight excluding hydrogens is 345 g/mol. The van der Waals surface area contributed by atoms with Crippen LogP contribution >= 0.6 is 0 Å². The lowest BCUT2D eigenvalue weighted by molar-refractivity contribution is -0.137. The number of benzene rings is 1. The molecule has 0 spiro atoms. The van der Waals surface area contributed by atoms with Crippen LogP contribution in [0.2, 0.25) is 0 Å². The zero-order valence-corrected chi connectivity index (χ0v) is 14.9. The van der Waals surface area contributed by atoms with Crippen molar-refractivity contribution < 1.29 is 18.0 Å². The van der Waals surface area contributed by atoms with Gasteiger partial charge in [0.15, 0.2) is 0 Å². The zero-order valence-electron chi connectivity index (χ0n) is 14.9. The average molecular weight is 370 g/mol. The molecule has 2 N–H and O–H groups in total. The first-order valence-corrected chi connectivity index (χ1v) is 8.99. The number of hydrogen-bond acceptors (Lipinski definition) is 4. The van der Waals surface area contributed by atoms with E-state index < -0.39 is 11.7 Å². The summed E-state index contributed by atoms with van der Waals surface area (Å²) in [6.45, 7) is 4.13. The molecule has 8 heteroatoms. The Bertz CT molecular complexity index is 636. The second kappa shape index (κ2) is 7.84. The summed E-state index contributed by atoms with van der Waals surface area (Å²) < 4.78 is 39.4. The first kappa shape index (κ1) is 19.0. The fourth-order valence-corrected chi connectivity index (χ4v) is 3.47. The van der Waals surface area contributed by atoms with Crippen molar-refractivity contribution in [2.75, 3.05) is 44.7 Å². The van der Waals surface area contributed by atoms with E-state index in [9.17, 15) is 18.0 Å². The summed E-state index contributed by atoms with van der Waals surface area (Å²) >= 11 is 0. The van der Waals surface area contributed by atoms with Crippen molar-refractivity contribution >= 4 is 11.6 Å². The molecule has 0 bridgehead atoms. The molecule has 0 aliphatic carbocycles. The number of alkyl halides is 3. The van der Waals surface area contributed by atoms with E-state index in [0.29, 0.717) is 5.56 Å². The number of rotatable bonds is 4. The molecule has 2 heterocycles. The second-order valence-electron chi connectivity index (χ2n) is 7.00. The van der Waals surface area contributed by atoms with Crippen LogP contribution in [0.3, 0.4) is 0 Å². The average Bonchev–Trinajstić information content (AvgIpc) is 3.14. The lowest BCUT2D eigenvalue weighted by atomic mass is 10.1. The molecule has 1 aromatic carbocycles. The van der Waals surface area contributed by atoms with E-state index >= 15 is 0 Å². The summed E-state index contributed by atoms with van der Waals surface area (Å²) in [7, 11) is 2.03. The van der Waals surface area contributed by atoms with E-state index in [1.807, 2.05) is 7.05 Å². The van der Waals surface area contributed by atoms with Gasteiger partial charge >= 0.3 is 6.18 Å². The van der Waals surface area contributed by atoms with Crippen molar-refractivity contribution in [1.82, 2.24) is 15.5 Å². The molecule has 144 valence electrons. The van der Waals surface area contributed by atoms with Crippen LogP contribution in [-0.2, 0) is 17.5 Å². The fourth-order valence-electron chi connectivity index (χ4n) is 3.47. The molecule has 1 aromatic rings. The third kappa shape index (κ3) is 4.48. The lowest BCUT2D eigenvalue weighted by Gasteiger charge is -2.35. The van der Waals surface area contributed by atoms with Gasteiger partial charge in [0.25, 0.3) is 0 Å². The SMILES string of the molecule is CN1CCN(c2ccc(C(F)(F)F)cc2CNC(=O)C2CCCN2)CC1. The highest BCUT2D eigenvalue weighted by molar-refractivity contribution is 5.82. The normalized spacial score (nSPS) is 21.8. The zero-order chi connectivity index (χ0) is 18.7. The van der Waals surface area contributed by atoms with Crippen molar-refractivity contribution in [3.63, 3.8) is 0 Å². The van der Waals surface area contributed by atoms with Crippen molar-refractivity contribution in [3.8, 4) is 0 Å². The van der Waals surface area contributed by atoms with Crippen LogP contribution in [0.1, 0.15) is 24.0 Å². The molecule has 26 heavy (non-hydrogen) atoms. The van der Waals surface area contributed by atoms with Gasteiger partial charge in [-0.25, -0.2) is 0 Å². The molecule has 1 unspecified atom stereocenters. The number of anilines is 1. The molecule has 2 fully saturated rings. The quantitative estimate of drug-likeness (QED) is 0.849. The van der Waals surface area contributed by atoms with Crippen LogP contribution in [0.5, 0.6) is 0 Å². The topological polar surface area (TPSA) is 47.6 Å². The van der Waals surface area contributed by atoms with E-state index in [1.54, 1.807) is 0 Å². The van der Waals surface area contributed by atoms with Gasteiger partial charge < -0.3 is 20.4 Å². The van der Waals surface area contributed by atoms with Gasteiger partial charge in [-0.05, 0) is 50.2 Å². The van der Waals surface area contributed by atoms with Crippen LogP contribution in [-0.4, -0.2) is 56.6 Å². The van der Waals surface area contributed by atoms with E-state index in [-0.39, 0.29) is 18.5 Å². The van der Waals surface area contributed by atoms with Crippen LogP contribution in [0.15, 0.2) is 18.2 Å². The number of likely N-dealkylation sites (N-methyl/N-ethyl adjacent to an activating group) is 1. The summed E-state index contributed by atoms with van der Waals surface area (Å²) in [5.74, 6) is -0.149. The number of hydrogen-bond donors (Lipinski definition) is 2. The lowest BCUT2D eigenvalue weighted by Crippen LogP contribution is -2.45. The van der Waals surface area contributed by atoms with E-state index in [0.717, 1.165) is 63.4 Å². The fraction of sp³-hybridized carbons (Fsp3) is 0.611. The largest absolute Gasteiger partial charge is 0.416 e. The molecule has 1 atom stereocenters. The number of halogens is 3. The maximum atomic E-state index is 13.1. The van der Waals surface area contributed by atoms with Crippen molar-refractivity contribution in [2.45, 2.75) is 31.6 Å². The van der Waals surface area contributed by atoms with Crippen molar-refractivity contribution in [1.29, 1.82) is 0 Å². The Morgan fingerprint density at radius 3 is 2.62 bits per heavy atom. The number of carbonyl (C=O) groups excluding carboxylic acids is 1. The monoisotopic (exact) mass is 370 g/mol. The van der Waals surface area contributed by atoms with Gasteiger partial charge in [-0.2, -0.15) is 13.2 Å². The number of nitrogens with zero attached hydrogens (tertiary/aromatic N) is 2. The maximum Gasteiger partial charge on any atom is 0.416 e. The summed E-state index contributed by atoms with van der Waals surface area (Å²) in [6, 6.07) is 3.57. The second-order valence-corrected chi connectivity index (χ2v) is 7.00. The molecule has 0 radical (unpaired) electrons. The predicted octanol–water partition coefficient (Wildman–Crippen LogP) is 1.83. The standard InChI is InChI=1S/C18H25F3N4O/c1-24-7-9-25(10-8-24)16-5-4-14(18(19,20)21)11-13(16)12-23-17(26)15-3-2-6-22-15/h4-5,11,15,22H,2-3,6-10,12H2,1H3,(H,23,26). The molecule has 0 aromatic heterocycles. The Balaban J connectivity index is 1.78. The van der Waals surface area contributed by atoms with Crippen LogP contribution in [0.4, 0.5) is 18.9 Å². The van der Waals surface area contributed by atoms with Crippen molar-refractivity contribution in [3.05, 3.63) is 29.3 Å². The number of piperazine rings is 1. The molecule has 3 rings (SSSR count). The van der Waals surface area contributed by atoms with Gasteiger partial charge in [0.2, 0.25) is 5.91 Å². The van der Waals surface area contributed by atoms with Gasteiger partial charge in [0.1, 0.15) is 0 Å². The van der Waals surface area contributed by atoms with Gasteiger partial charge in [-0.15, -0.1) is 0 Å². The van der Waals surface area contributed by atoms with E-state index in [2.05, 4.69) is 20.4 Å². The van der Waals surface area contributed by atoms with Gasteiger partial charge in [-0.1, -0.05) is 0 Å². The Labute approximate surface area is 151 Å². The van der Waals surface area contributed by atoms with Gasteiger partial charge in [0.05, 0.1) is 11.6 Å². The Hall–Kier alpha value is -1.80. The summed E-state index contributed by atoms with van der Waals surface area (Å²) in [5, 5.41) is 5.91. The summed E-state index contributed by atoms with van der Waals surface area (Å²) in [4.78, 5) is 16.5. The summed E-state index contributed by atoms with van der Waals surface area (Å²) in [6.07, 6.45) is -2.69. The first-order valence-electron chi connectivity index (χ1n) is 8.99. The first-order chi connectivity index (χ1) is 12.3. The minimum Gasteiger partial charge on any atom is -0.369 e. The third-order valence-electron chi connectivity index (χ3n) is 5.08. The summed E-state index contributed by atoms with van der Waals surface area (Å²) in [5.41, 5.74) is 0.597. The molecule has 2 saturated heterocycles. The Kier molecular flexibility index (Phi) is 5.72. The minimum atomic E-state index is -4.40. The molecule has 1 amide bonds. The highest BCUT2D eigenvalue weighted by Gasteiger charge is 2.32. The van der Waals surface area contributed by atoms with Gasteiger partial charge in [0, 0.05) is 38.4 Å². The van der Waals surface area contributed by atoms with Gasteiger partial charge in [-0.3, -0.25) is 4.79 Å². The highest BCUT2D eigenvalue weighted by Crippen LogP contribution is 2.33. The molecule has 2 aliphatic rings. The van der Waals surface area contributed by atoms with Crippen molar-refractivity contribution in [2.24, 2.45) is 0 Å². The Morgan fingerprint density at radius 1 is 1.27 bits per heavy atom. The van der Waals surface area contributed by atoms with Crippen LogP contribution < -0.4 is 15.5 Å². The predicted molar refractivity (Wildman–Crippen MR) is 94.0 cm³/mol. The molecule has 2 aliphatic heterocycles. The highest BCUT2D eigenvalue weighted by atomic mass is 19.4.